The molecule has 3 aromatic rings. The van der Waals surface area contributed by atoms with Crippen molar-refractivity contribution in [3.05, 3.63) is 41.8 Å². The number of benzene rings is 1. The van der Waals surface area contributed by atoms with Crippen LogP contribution in [0.15, 0.2) is 41.7 Å². The van der Waals surface area contributed by atoms with E-state index in [1.165, 1.54) is 11.3 Å². The van der Waals surface area contributed by atoms with Crippen LogP contribution in [0.4, 0.5) is 10.7 Å². The maximum absolute atomic E-state index is 13.5. The number of thiazole rings is 1. The molecule has 0 atom stereocenters. The van der Waals surface area contributed by atoms with Crippen LogP contribution in [-0.4, -0.2) is 41.1 Å². The summed E-state index contributed by atoms with van der Waals surface area (Å²) in [5.41, 5.74) is 12.0. The van der Waals surface area contributed by atoms with Crippen LogP contribution in [0.25, 0.3) is 21.6 Å². The number of nitrogens with one attached hydrogen (secondary N) is 1. The van der Waals surface area contributed by atoms with Gasteiger partial charge in [-0.2, -0.15) is 0 Å². The van der Waals surface area contributed by atoms with Crippen molar-refractivity contribution in [1.29, 1.82) is 0 Å². The number of nitrogen functional groups attached to an aromatic ring is 1. The minimum absolute atomic E-state index is 0.144. The highest BCUT2D eigenvalue weighted by atomic mass is 32.2. The molecule has 4 rings (SSSR count). The number of amides is 1. The first-order valence-corrected chi connectivity index (χ1v) is 13.9. The highest BCUT2D eigenvalue weighted by molar-refractivity contribution is 7.89. The Morgan fingerprint density at radius 3 is 2.33 bits per heavy atom. The molecule has 12 heteroatoms. The number of nitrogens with zero attached hydrogens (tertiary/aromatic N) is 3. The second-order valence-electron chi connectivity index (χ2n) is 9.87. The number of ether oxygens (including phenoxy) is 1. The molecule has 1 saturated carbocycles. The summed E-state index contributed by atoms with van der Waals surface area (Å²) < 4.78 is 34.8. The van der Waals surface area contributed by atoms with Crippen LogP contribution in [0.1, 0.15) is 57.4 Å². The topological polar surface area (TPSA) is 163 Å². The van der Waals surface area contributed by atoms with Crippen molar-refractivity contribution in [3.8, 4) is 21.6 Å². The van der Waals surface area contributed by atoms with E-state index in [0.717, 1.165) is 35.6 Å². The molecule has 2 heterocycles. The number of primary amides is 1. The number of carbonyl (C=O) groups excluding carboxylic acids is 1. The van der Waals surface area contributed by atoms with Crippen LogP contribution >= 0.6 is 11.3 Å². The molecule has 1 aliphatic carbocycles. The standard InChI is InChI=1S/C24H30N6O4S2/c1-24(2,3)30-36(32,33)20-10-15(16-11-28-22(25)29-12-16)6-9-18(20)19-13-27-21(35-19)14-4-7-17(8-5-14)34-23(26)31/h6,9-14,17,30H,4-5,7-8H2,1-3H3,(H2,26,31)(H2,25,28,29). The molecule has 0 spiro atoms. The smallest absolute Gasteiger partial charge is 0.404 e. The van der Waals surface area contributed by atoms with E-state index >= 15 is 0 Å². The Bertz CT molecular complexity index is 1340. The molecule has 0 saturated heterocycles. The summed E-state index contributed by atoms with van der Waals surface area (Å²) in [7, 11) is -3.87. The van der Waals surface area contributed by atoms with Crippen molar-refractivity contribution in [1.82, 2.24) is 19.7 Å². The van der Waals surface area contributed by atoms with Gasteiger partial charge in [0.05, 0.1) is 14.8 Å². The molecule has 0 bridgehead atoms. The minimum atomic E-state index is -3.87. The predicted octanol–water partition coefficient (Wildman–Crippen LogP) is 4.05. The Morgan fingerprint density at radius 1 is 1.06 bits per heavy atom. The normalized spacial score (nSPS) is 18.6. The third-order valence-electron chi connectivity index (χ3n) is 5.81. The zero-order valence-corrected chi connectivity index (χ0v) is 22.0. The van der Waals surface area contributed by atoms with Gasteiger partial charge < -0.3 is 16.2 Å². The average molecular weight is 531 g/mol. The third-order valence-corrected chi connectivity index (χ3v) is 8.80. The molecule has 1 amide bonds. The van der Waals surface area contributed by atoms with Gasteiger partial charge in [0, 0.05) is 41.2 Å². The molecule has 10 nitrogen and oxygen atoms in total. The van der Waals surface area contributed by atoms with E-state index in [9.17, 15) is 13.2 Å². The molecule has 0 unspecified atom stereocenters. The number of aromatic nitrogens is 3. The number of hydrogen-bond acceptors (Lipinski definition) is 9. The van der Waals surface area contributed by atoms with Gasteiger partial charge in [0.15, 0.2) is 0 Å². The molecule has 0 radical (unpaired) electrons. The van der Waals surface area contributed by atoms with Crippen LogP contribution in [0.2, 0.25) is 0 Å². The van der Waals surface area contributed by atoms with Crippen molar-refractivity contribution in [3.63, 3.8) is 0 Å². The maximum Gasteiger partial charge on any atom is 0.404 e. The van der Waals surface area contributed by atoms with Crippen LogP contribution in [-0.2, 0) is 14.8 Å². The fourth-order valence-electron chi connectivity index (χ4n) is 4.27. The van der Waals surface area contributed by atoms with Crippen molar-refractivity contribution in [2.24, 2.45) is 5.73 Å². The monoisotopic (exact) mass is 530 g/mol. The Kier molecular flexibility index (Phi) is 7.30. The van der Waals surface area contributed by atoms with E-state index < -0.39 is 21.7 Å². The van der Waals surface area contributed by atoms with Gasteiger partial charge in [-0.15, -0.1) is 11.3 Å². The molecule has 192 valence electrons. The fraction of sp³-hybridized carbons (Fsp3) is 0.417. The van der Waals surface area contributed by atoms with Gasteiger partial charge in [-0.1, -0.05) is 12.1 Å². The van der Waals surface area contributed by atoms with Crippen molar-refractivity contribution >= 4 is 33.4 Å². The zero-order chi connectivity index (χ0) is 26.1. The summed E-state index contributed by atoms with van der Waals surface area (Å²) in [6, 6.07) is 5.26. The summed E-state index contributed by atoms with van der Waals surface area (Å²) in [4.78, 5) is 24.6. The van der Waals surface area contributed by atoms with Crippen molar-refractivity contribution in [2.75, 3.05) is 5.73 Å². The molecule has 0 aliphatic heterocycles. The Balaban J connectivity index is 1.68. The lowest BCUT2D eigenvalue weighted by molar-refractivity contribution is 0.0787. The fourth-order valence-corrected chi connectivity index (χ4v) is 7.12. The quantitative estimate of drug-likeness (QED) is 0.430. The predicted molar refractivity (Wildman–Crippen MR) is 139 cm³/mol. The second kappa shape index (κ2) is 10.1. The van der Waals surface area contributed by atoms with E-state index in [1.807, 2.05) is 6.07 Å². The molecule has 1 fully saturated rings. The van der Waals surface area contributed by atoms with Gasteiger partial charge in [-0.25, -0.2) is 32.9 Å². The highest BCUT2D eigenvalue weighted by Crippen LogP contribution is 2.40. The summed E-state index contributed by atoms with van der Waals surface area (Å²) in [6.45, 7) is 5.39. The van der Waals surface area contributed by atoms with Crippen LogP contribution in [0, 0.1) is 0 Å². The lowest BCUT2D eigenvalue weighted by atomic mass is 9.88. The van der Waals surface area contributed by atoms with Crippen LogP contribution in [0.5, 0.6) is 0 Å². The second-order valence-corrected chi connectivity index (χ2v) is 12.6. The van der Waals surface area contributed by atoms with Crippen LogP contribution < -0.4 is 16.2 Å². The van der Waals surface area contributed by atoms with E-state index in [0.29, 0.717) is 16.7 Å². The van der Waals surface area contributed by atoms with Gasteiger partial charge >= 0.3 is 6.09 Å². The van der Waals surface area contributed by atoms with Gasteiger partial charge in [-0.3, -0.25) is 0 Å². The average Bonchev–Trinajstić information content (AvgIpc) is 3.28. The summed E-state index contributed by atoms with van der Waals surface area (Å²) in [5.74, 6) is 0.362. The molecular formula is C24H30N6O4S2. The molecular weight excluding hydrogens is 500 g/mol. The Labute approximate surface area is 214 Å². The summed E-state index contributed by atoms with van der Waals surface area (Å²) in [6.07, 6.45) is 7.01. The number of hydrogen-bond donors (Lipinski definition) is 3. The van der Waals surface area contributed by atoms with Gasteiger partial charge in [-0.05, 0) is 58.1 Å². The highest BCUT2D eigenvalue weighted by Gasteiger charge is 2.29. The van der Waals surface area contributed by atoms with E-state index in [1.54, 1.807) is 51.5 Å². The van der Waals surface area contributed by atoms with Gasteiger partial charge in [0.25, 0.3) is 0 Å². The number of nitrogens with two attached hydrogens (primary N) is 2. The van der Waals surface area contributed by atoms with E-state index in [2.05, 4.69) is 19.7 Å². The summed E-state index contributed by atoms with van der Waals surface area (Å²) >= 11 is 1.48. The van der Waals surface area contributed by atoms with Crippen LogP contribution in [0.3, 0.4) is 0 Å². The zero-order valence-electron chi connectivity index (χ0n) is 20.4. The Morgan fingerprint density at radius 2 is 1.72 bits per heavy atom. The first-order chi connectivity index (χ1) is 16.9. The lowest BCUT2D eigenvalue weighted by Crippen LogP contribution is -2.40. The van der Waals surface area contributed by atoms with Gasteiger partial charge in [0.1, 0.15) is 6.10 Å². The minimum Gasteiger partial charge on any atom is -0.446 e. The first kappa shape index (κ1) is 26.0. The number of rotatable bonds is 6. The lowest BCUT2D eigenvalue weighted by Gasteiger charge is -2.26. The third kappa shape index (κ3) is 6.18. The molecule has 5 N–H and O–H groups in total. The SMILES string of the molecule is CC(C)(C)NS(=O)(=O)c1cc(-c2cnc(N)nc2)ccc1-c1cnc(C2CCC(OC(N)=O)CC2)s1. The molecule has 2 aromatic heterocycles. The number of carbonyl (C=O) groups is 1. The number of sulfonamides is 1. The molecule has 1 aromatic carbocycles. The largest absolute Gasteiger partial charge is 0.446 e. The van der Waals surface area contributed by atoms with E-state index in [-0.39, 0.29) is 22.9 Å². The molecule has 1 aliphatic rings. The van der Waals surface area contributed by atoms with Gasteiger partial charge in [0.2, 0.25) is 16.0 Å². The first-order valence-electron chi connectivity index (χ1n) is 11.6. The van der Waals surface area contributed by atoms with Crippen molar-refractivity contribution in [2.45, 2.75) is 68.9 Å². The van der Waals surface area contributed by atoms with E-state index in [4.69, 9.17) is 16.2 Å². The van der Waals surface area contributed by atoms with Crippen molar-refractivity contribution < 1.29 is 17.9 Å². The summed E-state index contributed by atoms with van der Waals surface area (Å²) in [5, 5.41) is 0.936. The number of anilines is 1. The Hall–Kier alpha value is -3.09. The molecule has 36 heavy (non-hydrogen) atoms. The maximum atomic E-state index is 13.5.